The van der Waals surface area contributed by atoms with Gasteiger partial charge in [-0.05, 0) is 66.9 Å². The Bertz CT molecular complexity index is 1470. The number of carboxylic acids is 1. The zero-order valence-corrected chi connectivity index (χ0v) is 21.2. The third-order valence-corrected chi connectivity index (χ3v) is 7.02. The Kier molecular flexibility index (Phi) is 7.84. The predicted octanol–water partition coefficient (Wildman–Crippen LogP) is 7.22. The highest BCUT2D eigenvalue weighted by Crippen LogP contribution is 2.29. The van der Waals surface area contributed by atoms with Gasteiger partial charge in [-0.1, -0.05) is 47.5 Å². The summed E-state index contributed by atoms with van der Waals surface area (Å²) in [5, 5.41) is 16.6. The van der Waals surface area contributed by atoms with Gasteiger partial charge in [-0.15, -0.1) is 11.8 Å². The van der Waals surface area contributed by atoms with Gasteiger partial charge in [0.1, 0.15) is 0 Å². The van der Waals surface area contributed by atoms with Gasteiger partial charge in [-0.25, -0.2) is 4.79 Å². The minimum atomic E-state index is -1.10. The summed E-state index contributed by atoms with van der Waals surface area (Å²) in [6, 6.07) is 21.9. The van der Waals surface area contributed by atoms with Gasteiger partial charge < -0.3 is 15.7 Å². The maximum Gasteiger partial charge on any atom is 0.336 e. The van der Waals surface area contributed by atoms with Gasteiger partial charge in [-0.2, -0.15) is 0 Å². The molecule has 0 aromatic heterocycles. The molecule has 6 nitrogen and oxygen atoms in total. The number of hydrogen-bond acceptors (Lipinski definition) is 4. The van der Waals surface area contributed by atoms with Crippen molar-refractivity contribution in [1.82, 2.24) is 0 Å². The summed E-state index contributed by atoms with van der Waals surface area (Å²) in [6.45, 7) is 1.78. The van der Waals surface area contributed by atoms with Crippen molar-refractivity contribution < 1.29 is 19.5 Å². The van der Waals surface area contributed by atoms with E-state index in [4.69, 9.17) is 23.2 Å². The van der Waals surface area contributed by atoms with Crippen LogP contribution in [0.3, 0.4) is 0 Å². The molecule has 3 N–H and O–H groups in total. The molecule has 0 aliphatic carbocycles. The van der Waals surface area contributed by atoms with Crippen LogP contribution in [0.4, 0.5) is 11.4 Å². The second-order valence-electron chi connectivity index (χ2n) is 7.87. The average molecular weight is 539 g/mol. The van der Waals surface area contributed by atoms with E-state index >= 15 is 0 Å². The van der Waals surface area contributed by atoms with Crippen molar-refractivity contribution in [3.63, 3.8) is 0 Å². The highest BCUT2D eigenvalue weighted by Gasteiger charge is 2.18. The molecule has 0 spiro atoms. The summed E-state index contributed by atoms with van der Waals surface area (Å²) in [6.07, 6.45) is 0. The fourth-order valence-corrected chi connectivity index (χ4v) is 4.93. The van der Waals surface area contributed by atoms with Crippen molar-refractivity contribution in [2.45, 2.75) is 17.1 Å². The first kappa shape index (κ1) is 25.6. The molecule has 0 saturated carbocycles. The van der Waals surface area contributed by atoms with Crippen LogP contribution >= 0.6 is 35.0 Å². The minimum absolute atomic E-state index is 0.0668. The molecule has 36 heavy (non-hydrogen) atoms. The third kappa shape index (κ3) is 5.82. The lowest BCUT2D eigenvalue weighted by atomic mass is 9.98. The molecule has 2 amide bonds. The molecular formula is C27H20Cl2N2O4S. The topological polar surface area (TPSA) is 95.5 Å². The van der Waals surface area contributed by atoms with E-state index in [-0.39, 0.29) is 17.0 Å². The van der Waals surface area contributed by atoms with E-state index in [9.17, 15) is 19.5 Å². The molecule has 4 rings (SSSR count). The number of carbonyl (C=O) groups excluding carboxylic acids is 2. The van der Waals surface area contributed by atoms with Crippen molar-refractivity contribution in [3.05, 3.63) is 100 Å². The second kappa shape index (κ2) is 11.0. The number of aromatic carboxylic acids is 1. The van der Waals surface area contributed by atoms with Gasteiger partial charge in [0.05, 0.1) is 21.5 Å². The molecule has 4 aromatic rings. The number of amides is 2. The Morgan fingerprint density at radius 1 is 0.861 bits per heavy atom. The maximum absolute atomic E-state index is 13.0. The molecule has 4 aromatic carbocycles. The molecule has 1 atom stereocenters. The third-order valence-electron chi connectivity index (χ3n) is 5.36. The van der Waals surface area contributed by atoms with E-state index < -0.39 is 17.1 Å². The number of fused-ring (bicyclic) bond motifs is 1. The highest BCUT2D eigenvalue weighted by atomic mass is 35.5. The molecule has 0 saturated heterocycles. The Labute approximate surface area is 221 Å². The summed E-state index contributed by atoms with van der Waals surface area (Å²) in [7, 11) is 0. The monoisotopic (exact) mass is 538 g/mol. The molecule has 182 valence electrons. The smallest absolute Gasteiger partial charge is 0.336 e. The van der Waals surface area contributed by atoms with Crippen molar-refractivity contribution in [2.75, 3.05) is 10.6 Å². The first-order chi connectivity index (χ1) is 17.2. The summed E-state index contributed by atoms with van der Waals surface area (Å²) in [4.78, 5) is 38.1. The molecule has 0 aliphatic rings. The summed E-state index contributed by atoms with van der Waals surface area (Å²) in [5.74, 6) is -1.73. The predicted molar refractivity (Wildman–Crippen MR) is 146 cm³/mol. The number of rotatable bonds is 7. The lowest BCUT2D eigenvalue weighted by Crippen LogP contribution is -2.22. The van der Waals surface area contributed by atoms with Crippen molar-refractivity contribution in [2.24, 2.45) is 0 Å². The quantitative estimate of drug-likeness (QED) is 0.216. The number of halogens is 2. The van der Waals surface area contributed by atoms with Gasteiger partial charge in [0.15, 0.2) is 0 Å². The fraction of sp³-hybridized carbons (Fsp3) is 0.0741. The number of carboxylic acid groups (broad SMARTS) is 1. The first-order valence-corrected chi connectivity index (χ1v) is 12.5. The summed E-state index contributed by atoms with van der Waals surface area (Å²) in [5.41, 5.74) is 1.36. The average Bonchev–Trinajstić information content (AvgIpc) is 2.85. The van der Waals surface area contributed by atoms with Crippen molar-refractivity contribution in [1.29, 1.82) is 0 Å². The Morgan fingerprint density at radius 2 is 1.53 bits per heavy atom. The number of carbonyl (C=O) groups is 3. The van der Waals surface area contributed by atoms with Crippen LogP contribution in [-0.2, 0) is 4.79 Å². The Balaban J connectivity index is 1.44. The molecule has 0 aliphatic heterocycles. The molecule has 0 heterocycles. The van der Waals surface area contributed by atoms with E-state index in [1.165, 1.54) is 17.8 Å². The molecule has 9 heteroatoms. The molecule has 0 radical (unpaired) electrons. The minimum Gasteiger partial charge on any atom is -0.478 e. The van der Waals surface area contributed by atoms with Crippen molar-refractivity contribution >= 4 is 74.9 Å². The first-order valence-electron chi connectivity index (χ1n) is 10.8. The lowest BCUT2D eigenvalue weighted by molar-refractivity contribution is -0.115. The van der Waals surface area contributed by atoms with Crippen molar-refractivity contribution in [3.8, 4) is 0 Å². The van der Waals surface area contributed by atoms with Crippen LogP contribution in [0.2, 0.25) is 10.0 Å². The van der Waals surface area contributed by atoms with Crippen LogP contribution in [0.15, 0.2) is 83.8 Å². The number of anilines is 2. The zero-order chi connectivity index (χ0) is 25.8. The molecule has 1 unspecified atom stereocenters. The van der Waals surface area contributed by atoms with Gasteiger partial charge in [-0.3, -0.25) is 9.59 Å². The van der Waals surface area contributed by atoms with Gasteiger partial charge in [0, 0.05) is 26.6 Å². The maximum atomic E-state index is 13.0. The van der Waals surface area contributed by atoms with Gasteiger partial charge >= 0.3 is 5.97 Å². The van der Waals surface area contributed by atoms with Crippen LogP contribution in [0.5, 0.6) is 0 Å². The normalized spacial score (nSPS) is 11.6. The number of nitrogens with one attached hydrogen (secondary N) is 2. The van der Waals surface area contributed by atoms with E-state index in [1.807, 2.05) is 0 Å². The van der Waals surface area contributed by atoms with E-state index in [0.29, 0.717) is 32.2 Å². The van der Waals surface area contributed by atoms with E-state index in [0.717, 1.165) is 4.90 Å². The van der Waals surface area contributed by atoms with E-state index in [1.54, 1.807) is 79.7 Å². The number of thioether (sulfide) groups is 1. The lowest BCUT2D eigenvalue weighted by Gasteiger charge is -2.14. The summed E-state index contributed by atoms with van der Waals surface area (Å²) >= 11 is 13.4. The van der Waals surface area contributed by atoms with Crippen LogP contribution in [0.25, 0.3) is 10.8 Å². The highest BCUT2D eigenvalue weighted by molar-refractivity contribution is 8.00. The Morgan fingerprint density at radius 3 is 2.17 bits per heavy atom. The number of hydrogen-bond donors (Lipinski definition) is 3. The molecular weight excluding hydrogens is 519 g/mol. The van der Waals surface area contributed by atoms with Crippen LogP contribution in [0.1, 0.15) is 27.6 Å². The largest absolute Gasteiger partial charge is 0.478 e. The van der Waals surface area contributed by atoms with Crippen LogP contribution < -0.4 is 10.6 Å². The Hall–Kier alpha value is -3.52. The molecule has 0 bridgehead atoms. The van der Waals surface area contributed by atoms with Crippen LogP contribution in [-0.4, -0.2) is 28.1 Å². The van der Waals surface area contributed by atoms with E-state index in [2.05, 4.69) is 10.6 Å². The number of benzene rings is 4. The summed E-state index contributed by atoms with van der Waals surface area (Å²) < 4.78 is 0. The SMILES string of the molecule is CC(Sc1ccc(NC(=O)c2cccc3cccc(C(=O)O)c23)cc1)C(=O)Nc1ccc(Cl)cc1Cl. The fourth-order valence-electron chi connectivity index (χ4n) is 3.61. The zero-order valence-electron chi connectivity index (χ0n) is 18.9. The second-order valence-corrected chi connectivity index (χ2v) is 10.1. The van der Waals surface area contributed by atoms with Gasteiger partial charge in [0.2, 0.25) is 5.91 Å². The van der Waals surface area contributed by atoms with Crippen LogP contribution in [0, 0.1) is 0 Å². The standard InChI is InChI=1S/C27H20Cl2N2O4S/c1-15(25(32)31-23-13-8-17(28)14-22(23)29)36-19-11-9-18(10-12-19)30-26(33)20-6-2-4-16-5-3-7-21(24(16)20)27(34)35/h2-15H,1H3,(H,30,33)(H,31,32)(H,34,35). The molecule has 0 fully saturated rings. The van der Waals surface area contributed by atoms with Gasteiger partial charge in [0.25, 0.3) is 5.91 Å².